The largest absolute Gasteiger partial charge is 0.497 e. The van der Waals surface area contributed by atoms with Crippen LogP contribution < -0.4 is 15.0 Å². The van der Waals surface area contributed by atoms with Crippen LogP contribution in [0.1, 0.15) is 36.0 Å². The first-order valence-corrected chi connectivity index (χ1v) is 16.1. The Morgan fingerprint density at radius 2 is 1.47 bits per heavy atom. The monoisotopic (exact) mass is 599 g/mol. The van der Waals surface area contributed by atoms with Gasteiger partial charge < -0.3 is 19.5 Å². The highest BCUT2D eigenvalue weighted by Crippen LogP contribution is 2.51. The molecule has 5 aromatic rings. The minimum atomic E-state index is -0.710. The number of imidazole rings is 1. The van der Waals surface area contributed by atoms with E-state index in [0.717, 1.165) is 85.9 Å². The number of ether oxygens (including phenoxy) is 1. The first kappa shape index (κ1) is 29.1. The second-order valence-electron chi connectivity index (χ2n) is 12.3. The topological polar surface area (TPSA) is 62.6 Å². The van der Waals surface area contributed by atoms with E-state index >= 15 is 0 Å². The van der Waals surface area contributed by atoms with Gasteiger partial charge in [-0.15, -0.1) is 0 Å². The molecule has 0 bridgehead atoms. The summed E-state index contributed by atoms with van der Waals surface area (Å²) in [4.78, 5) is 24.3. The molecular weight excluding hydrogens is 558 g/mol. The summed E-state index contributed by atoms with van der Waals surface area (Å²) in [5, 5.41) is 3.32. The number of nitrogens with one attached hydrogen (secondary N) is 1. The smallest absolute Gasteiger partial charge is 0.235 e. The number of nitrogens with zero attached hydrogens (tertiary/aromatic N) is 4. The van der Waals surface area contributed by atoms with Gasteiger partial charge in [-0.1, -0.05) is 79.2 Å². The van der Waals surface area contributed by atoms with Crippen molar-refractivity contribution in [1.82, 2.24) is 19.8 Å². The fourth-order valence-electron chi connectivity index (χ4n) is 7.34. The van der Waals surface area contributed by atoms with Gasteiger partial charge in [0.1, 0.15) is 11.2 Å². The molecule has 2 heterocycles. The molecule has 7 nitrogen and oxygen atoms in total. The molecule has 1 saturated heterocycles. The molecule has 230 valence electrons. The summed E-state index contributed by atoms with van der Waals surface area (Å²) in [6.07, 6.45) is 2.78. The molecule has 1 aromatic heterocycles. The lowest BCUT2D eigenvalue weighted by atomic mass is 9.73. The normalized spacial score (nSPS) is 15.6. The van der Waals surface area contributed by atoms with Gasteiger partial charge in [-0.05, 0) is 71.5 Å². The predicted molar refractivity (Wildman–Crippen MR) is 181 cm³/mol. The van der Waals surface area contributed by atoms with Gasteiger partial charge in [0.15, 0.2) is 0 Å². The zero-order chi connectivity index (χ0) is 30.8. The number of anilines is 1. The van der Waals surface area contributed by atoms with E-state index in [1.807, 2.05) is 24.3 Å². The van der Waals surface area contributed by atoms with Crippen LogP contribution >= 0.6 is 0 Å². The minimum Gasteiger partial charge on any atom is -0.497 e. The van der Waals surface area contributed by atoms with E-state index in [4.69, 9.17) is 9.72 Å². The number of piperazine rings is 1. The third-order valence-electron chi connectivity index (χ3n) is 9.76. The number of fused-ring (bicyclic) bond motifs is 4. The number of aryl methyl sites for hydroxylation is 1. The van der Waals surface area contributed by atoms with Gasteiger partial charge >= 0.3 is 0 Å². The summed E-state index contributed by atoms with van der Waals surface area (Å²) < 4.78 is 7.52. The van der Waals surface area contributed by atoms with Gasteiger partial charge in [-0.3, -0.25) is 9.69 Å². The minimum absolute atomic E-state index is 0.0757. The van der Waals surface area contributed by atoms with Crippen LogP contribution in [-0.4, -0.2) is 60.2 Å². The average Bonchev–Trinajstić information content (AvgIpc) is 3.59. The summed E-state index contributed by atoms with van der Waals surface area (Å²) >= 11 is 0. The Morgan fingerprint density at radius 1 is 0.822 bits per heavy atom. The maximum absolute atomic E-state index is 14.4. The lowest BCUT2D eigenvalue weighted by Crippen LogP contribution is -2.47. The number of rotatable bonds is 10. The lowest BCUT2D eigenvalue weighted by molar-refractivity contribution is -0.125. The first-order chi connectivity index (χ1) is 22.1. The fourth-order valence-corrected chi connectivity index (χ4v) is 7.34. The van der Waals surface area contributed by atoms with Crippen LogP contribution in [0.4, 0.5) is 5.95 Å². The van der Waals surface area contributed by atoms with Crippen molar-refractivity contribution in [1.29, 1.82) is 0 Å². The maximum Gasteiger partial charge on any atom is 0.235 e. The molecule has 4 aromatic carbocycles. The Bertz CT molecular complexity index is 1760. The average molecular weight is 600 g/mol. The van der Waals surface area contributed by atoms with Crippen LogP contribution in [0.3, 0.4) is 0 Å². The van der Waals surface area contributed by atoms with Gasteiger partial charge in [0.05, 0.1) is 18.1 Å². The first-order valence-electron chi connectivity index (χ1n) is 16.1. The number of aromatic nitrogens is 2. The van der Waals surface area contributed by atoms with Gasteiger partial charge in [0, 0.05) is 39.8 Å². The Balaban J connectivity index is 1.03. The number of benzene rings is 4. The van der Waals surface area contributed by atoms with Gasteiger partial charge in [-0.25, -0.2) is 4.98 Å². The number of amides is 1. The van der Waals surface area contributed by atoms with E-state index < -0.39 is 5.41 Å². The molecule has 45 heavy (non-hydrogen) atoms. The Labute approximate surface area is 265 Å². The second kappa shape index (κ2) is 12.4. The molecule has 1 amide bonds. The van der Waals surface area contributed by atoms with Gasteiger partial charge in [0.25, 0.3) is 0 Å². The SMILES string of the molecule is COc1ccc(CNC(=O)C2(CCCCN3CCN(c4nc5ccccc5n4C)CC3)c3ccccc3-c3ccccc32)cc1. The molecule has 0 spiro atoms. The van der Waals surface area contributed by atoms with Gasteiger partial charge in [0.2, 0.25) is 11.9 Å². The molecule has 0 radical (unpaired) electrons. The molecule has 1 fully saturated rings. The number of para-hydroxylation sites is 2. The molecule has 1 aliphatic carbocycles. The zero-order valence-corrected chi connectivity index (χ0v) is 26.2. The number of hydrogen-bond donors (Lipinski definition) is 1. The summed E-state index contributed by atoms with van der Waals surface area (Å²) in [6, 6.07) is 33.2. The maximum atomic E-state index is 14.4. The van der Waals surface area contributed by atoms with Gasteiger partial charge in [-0.2, -0.15) is 0 Å². The summed E-state index contributed by atoms with van der Waals surface area (Å²) in [5.74, 6) is 1.94. The van der Waals surface area contributed by atoms with Crippen LogP contribution in [0.15, 0.2) is 97.1 Å². The number of methoxy groups -OCH3 is 1. The summed E-state index contributed by atoms with van der Waals surface area (Å²) in [6.45, 7) is 5.48. The van der Waals surface area contributed by atoms with E-state index in [9.17, 15) is 4.79 Å². The van der Waals surface area contributed by atoms with E-state index in [1.54, 1.807) is 7.11 Å². The predicted octanol–water partition coefficient (Wildman–Crippen LogP) is 6.16. The lowest BCUT2D eigenvalue weighted by Gasteiger charge is -2.35. The van der Waals surface area contributed by atoms with Crippen LogP contribution in [-0.2, 0) is 23.8 Å². The van der Waals surface area contributed by atoms with Crippen LogP contribution in [0, 0.1) is 0 Å². The van der Waals surface area contributed by atoms with Crippen LogP contribution in [0.25, 0.3) is 22.2 Å². The van der Waals surface area contributed by atoms with E-state index in [1.165, 1.54) is 16.6 Å². The van der Waals surface area contributed by atoms with Crippen molar-refractivity contribution in [2.24, 2.45) is 7.05 Å². The number of hydrogen-bond acceptors (Lipinski definition) is 5. The highest BCUT2D eigenvalue weighted by Gasteiger charge is 2.48. The Morgan fingerprint density at radius 3 is 2.13 bits per heavy atom. The standard InChI is InChI=1S/C38H41N5O2/c1-41-35-16-8-7-15-34(35)40-37(41)43-25-23-42(24-26-43)22-10-9-21-38(36(44)39-27-28-17-19-29(45-2)20-18-28)32-13-5-3-11-30(32)31-12-4-6-14-33(31)38/h3-8,11-20H,9-10,21-27H2,1-2H3,(H,39,44). The Kier molecular flexibility index (Phi) is 8.03. The van der Waals surface area contributed by atoms with Crippen molar-refractivity contribution in [3.63, 3.8) is 0 Å². The molecule has 0 saturated carbocycles. The van der Waals surface area contributed by atoms with Crippen molar-refractivity contribution < 1.29 is 9.53 Å². The van der Waals surface area contributed by atoms with Crippen molar-refractivity contribution in [2.45, 2.75) is 31.2 Å². The summed E-state index contributed by atoms with van der Waals surface area (Å²) in [5.41, 5.74) is 7.15. The molecule has 7 rings (SSSR count). The molecular formula is C38H41N5O2. The molecule has 7 heteroatoms. The fraction of sp³-hybridized carbons (Fsp3) is 0.316. The van der Waals surface area contributed by atoms with Crippen LogP contribution in [0.5, 0.6) is 5.75 Å². The van der Waals surface area contributed by atoms with Crippen LogP contribution in [0.2, 0.25) is 0 Å². The van der Waals surface area contributed by atoms with E-state index in [0.29, 0.717) is 6.54 Å². The third kappa shape index (κ3) is 5.35. The molecule has 0 unspecified atom stereocenters. The number of unbranched alkanes of at least 4 members (excludes halogenated alkanes) is 1. The quantitative estimate of drug-likeness (QED) is 0.195. The molecule has 1 aliphatic heterocycles. The zero-order valence-electron chi connectivity index (χ0n) is 26.2. The van der Waals surface area contributed by atoms with E-state index in [-0.39, 0.29) is 5.91 Å². The highest BCUT2D eigenvalue weighted by atomic mass is 16.5. The number of carbonyl (C=O) groups excluding carboxylic acids is 1. The molecule has 2 aliphatic rings. The van der Waals surface area contributed by atoms with Crippen molar-refractivity contribution >= 4 is 22.9 Å². The third-order valence-corrected chi connectivity index (χ3v) is 9.76. The van der Waals surface area contributed by atoms with Crippen molar-refractivity contribution in [3.8, 4) is 16.9 Å². The number of carbonyl (C=O) groups is 1. The second-order valence-corrected chi connectivity index (χ2v) is 12.3. The molecule has 0 atom stereocenters. The van der Waals surface area contributed by atoms with E-state index in [2.05, 4.69) is 99.5 Å². The molecule has 1 N–H and O–H groups in total. The Hall–Kier alpha value is -4.62. The highest BCUT2D eigenvalue weighted by molar-refractivity contribution is 6.00. The van der Waals surface area contributed by atoms with Crippen molar-refractivity contribution in [3.05, 3.63) is 114 Å². The summed E-state index contributed by atoms with van der Waals surface area (Å²) in [7, 11) is 3.78. The van der Waals surface area contributed by atoms with Crippen molar-refractivity contribution in [2.75, 3.05) is 44.7 Å².